The number of aromatic nitrogens is 3. The lowest BCUT2D eigenvalue weighted by molar-refractivity contribution is 0.312. The minimum Gasteiger partial charge on any atom is -0.494 e. The Morgan fingerprint density at radius 1 is 1.08 bits per heavy atom. The number of nitrogens with zero attached hydrogens (tertiary/aromatic N) is 4. The third-order valence-electron chi connectivity index (χ3n) is 3.16. The van der Waals surface area contributed by atoms with Crippen LogP contribution in [0.25, 0.3) is 0 Å². The van der Waals surface area contributed by atoms with Gasteiger partial charge in [0.25, 0.3) is 0 Å². The SMILES string of the molecule is CN(CCCOc1ccc(S(C)(=O)=O)cc1)c1nc(N)nc(N)n1. The summed E-state index contributed by atoms with van der Waals surface area (Å²) in [6, 6.07) is 6.31. The molecule has 10 heteroatoms. The van der Waals surface area contributed by atoms with E-state index < -0.39 is 9.84 Å². The van der Waals surface area contributed by atoms with Crippen LogP contribution in [0.4, 0.5) is 17.8 Å². The number of ether oxygens (including phenoxy) is 1. The molecule has 1 aromatic carbocycles. The summed E-state index contributed by atoms with van der Waals surface area (Å²) in [7, 11) is -1.38. The van der Waals surface area contributed by atoms with Gasteiger partial charge in [-0.25, -0.2) is 8.42 Å². The van der Waals surface area contributed by atoms with Gasteiger partial charge in [0.15, 0.2) is 9.84 Å². The third-order valence-corrected chi connectivity index (χ3v) is 4.29. The second-order valence-corrected chi connectivity index (χ2v) is 7.23. The van der Waals surface area contributed by atoms with Crippen molar-refractivity contribution in [1.29, 1.82) is 0 Å². The predicted octanol–water partition coefficient (Wildman–Crippen LogP) is 0.345. The van der Waals surface area contributed by atoms with Crippen molar-refractivity contribution in [2.24, 2.45) is 0 Å². The first-order valence-corrected chi connectivity index (χ1v) is 9.06. The van der Waals surface area contributed by atoms with Crippen LogP contribution in [0.3, 0.4) is 0 Å². The van der Waals surface area contributed by atoms with Gasteiger partial charge >= 0.3 is 0 Å². The predicted molar refractivity (Wildman–Crippen MR) is 91.6 cm³/mol. The Morgan fingerprint density at radius 2 is 1.67 bits per heavy atom. The minimum atomic E-state index is -3.20. The van der Waals surface area contributed by atoms with Crippen molar-refractivity contribution in [3.05, 3.63) is 24.3 Å². The summed E-state index contributed by atoms with van der Waals surface area (Å²) >= 11 is 0. The van der Waals surface area contributed by atoms with E-state index in [1.165, 1.54) is 18.4 Å². The van der Waals surface area contributed by atoms with Gasteiger partial charge in [-0.05, 0) is 30.7 Å². The molecular formula is C14H20N6O3S. The van der Waals surface area contributed by atoms with Crippen LogP contribution in [-0.2, 0) is 9.84 Å². The molecule has 0 aliphatic rings. The maximum atomic E-state index is 11.4. The Kier molecular flexibility index (Phi) is 5.39. The Balaban J connectivity index is 1.82. The average Bonchev–Trinajstić information content (AvgIpc) is 2.50. The summed E-state index contributed by atoms with van der Waals surface area (Å²) in [5, 5.41) is 0. The van der Waals surface area contributed by atoms with E-state index in [1.54, 1.807) is 17.0 Å². The fourth-order valence-corrected chi connectivity index (χ4v) is 2.57. The smallest absolute Gasteiger partial charge is 0.231 e. The Hall–Kier alpha value is -2.62. The zero-order valence-corrected chi connectivity index (χ0v) is 14.3. The molecule has 24 heavy (non-hydrogen) atoms. The van der Waals surface area contributed by atoms with Crippen LogP contribution in [0.1, 0.15) is 6.42 Å². The minimum absolute atomic E-state index is 0.0755. The van der Waals surface area contributed by atoms with Gasteiger partial charge in [-0.15, -0.1) is 0 Å². The molecule has 0 atom stereocenters. The molecule has 0 aliphatic heterocycles. The zero-order chi connectivity index (χ0) is 17.7. The molecule has 0 saturated heterocycles. The Morgan fingerprint density at radius 3 is 2.21 bits per heavy atom. The molecule has 4 N–H and O–H groups in total. The van der Waals surface area contributed by atoms with Crippen LogP contribution < -0.4 is 21.1 Å². The molecule has 9 nitrogen and oxygen atoms in total. The van der Waals surface area contributed by atoms with E-state index in [0.717, 1.165) is 0 Å². The average molecular weight is 352 g/mol. The summed E-state index contributed by atoms with van der Waals surface area (Å²) in [4.78, 5) is 13.8. The molecule has 0 fully saturated rings. The molecular weight excluding hydrogens is 332 g/mol. The van der Waals surface area contributed by atoms with Crippen molar-refractivity contribution in [2.45, 2.75) is 11.3 Å². The maximum Gasteiger partial charge on any atom is 0.231 e. The van der Waals surface area contributed by atoms with Gasteiger partial charge in [-0.3, -0.25) is 0 Å². The van der Waals surface area contributed by atoms with E-state index >= 15 is 0 Å². The fraction of sp³-hybridized carbons (Fsp3) is 0.357. The van der Waals surface area contributed by atoms with Gasteiger partial charge in [0, 0.05) is 19.8 Å². The second kappa shape index (κ2) is 7.30. The van der Waals surface area contributed by atoms with Crippen molar-refractivity contribution in [3.8, 4) is 5.75 Å². The van der Waals surface area contributed by atoms with Crippen molar-refractivity contribution in [2.75, 3.05) is 42.8 Å². The van der Waals surface area contributed by atoms with Gasteiger partial charge in [0.05, 0.1) is 11.5 Å². The van der Waals surface area contributed by atoms with Crippen LogP contribution >= 0.6 is 0 Å². The van der Waals surface area contributed by atoms with Crippen LogP contribution in [-0.4, -0.2) is 49.8 Å². The molecule has 0 amide bonds. The molecule has 0 unspecified atom stereocenters. The van der Waals surface area contributed by atoms with Crippen molar-refractivity contribution in [3.63, 3.8) is 0 Å². The Bertz CT molecular complexity index is 774. The highest BCUT2D eigenvalue weighted by molar-refractivity contribution is 7.90. The number of hydrogen-bond acceptors (Lipinski definition) is 9. The van der Waals surface area contributed by atoms with E-state index in [2.05, 4.69) is 15.0 Å². The monoisotopic (exact) mass is 352 g/mol. The quantitative estimate of drug-likeness (QED) is 0.676. The first kappa shape index (κ1) is 17.7. The highest BCUT2D eigenvalue weighted by atomic mass is 32.2. The van der Waals surface area contributed by atoms with Gasteiger partial charge in [0.1, 0.15) is 5.75 Å². The molecule has 130 valence electrons. The molecule has 0 saturated carbocycles. The number of hydrogen-bond donors (Lipinski definition) is 2. The number of sulfone groups is 1. The first-order chi connectivity index (χ1) is 11.3. The highest BCUT2D eigenvalue weighted by Crippen LogP contribution is 2.16. The lowest BCUT2D eigenvalue weighted by atomic mass is 10.3. The number of anilines is 3. The topological polar surface area (TPSA) is 137 Å². The first-order valence-electron chi connectivity index (χ1n) is 7.17. The van der Waals surface area contributed by atoms with Crippen molar-refractivity contribution >= 4 is 27.7 Å². The lowest BCUT2D eigenvalue weighted by Crippen LogP contribution is -2.23. The summed E-state index contributed by atoms with van der Waals surface area (Å²) in [6.45, 7) is 1.09. The Labute approximate surface area is 140 Å². The molecule has 0 radical (unpaired) electrons. The molecule has 0 spiro atoms. The molecule has 2 aromatic rings. The van der Waals surface area contributed by atoms with E-state index in [-0.39, 0.29) is 16.8 Å². The highest BCUT2D eigenvalue weighted by Gasteiger charge is 2.08. The molecule has 1 heterocycles. The van der Waals surface area contributed by atoms with E-state index in [9.17, 15) is 8.42 Å². The second-order valence-electron chi connectivity index (χ2n) is 5.22. The fourth-order valence-electron chi connectivity index (χ4n) is 1.94. The van der Waals surface area contributed by atoms with Crippen LogP contribution in [0, 0.1) is 0 Å². The van der Waals surface area contributed by atoms with Gasteiger partial charge in [-0.1, -0.05) is 0 Å². The zero-order valence-electron chi connectivity index (χ0n) is 13.5. The standard InChI is InChI=1S/C14H20N6O3S/c1-20(14-18-12(15)17-13(16)19-14)8-3-9-23-10-4-6-11(7-5-10)24(2,21)22/h4-7H,3,8-9H2,1-2H3,(H4,15,16,17,18,19). The molecule has 0 aliphatic carbocycles. The van der Waals surface area contributed by atoms with Crippen LogP contribution in [0.15, 0.2) is 29.2 Å². The third kappa shape index (κ3) is 4.95. The molecule has 1 aromatic heterocycles. The van der Waals surface area contributed by atoms with E-state index in [0.29, 0.717) is 31.3 Å². The van der Waals surface area contributed by atoms with Gasteiger partial charge < -0.3 is 21.1 Å². The number of benzene rings is 1. The largest absolute Gasteiger partial charge is 0.494 e. The summed E-state index contributed by atoms with van der Waals surface area (Å²) < 4.78 is 28.3. The number of nitrogens with two attached hydrogens (primary N) is 2. The van der Waals surface area contributed by atoms with E-state index in [1.807, 2.05) is 7.05 Å². The molecule has 2 rings (SSSR count). The lowest BCUT2D eigenvalue weighted by Gasteiger charge is -2.17. The number of rotatable bonds is 7. The van der Waals surface area contributed by atoms with Crippen molar-refractivity contribution < 1.29 is 13.2 Å². The van der Waals surface area contributed by atoms with E-state index in [4.69, 9.17) is 16.2 Å². The number of nitrogen functional groups attached to an aromatic ring is 2. The van der Waals surface area contributed by atoms with Crippen molar-refractivity contribution in [1.82, 2.24) is 15.0 Å². The summed E-state index contributed by atoms with van der Waals surface area (Å²) in [5.74, 6) is 1.16. The van der Waals surface area contributed by atoms with Gasteiger partial charge in [-0.2, -0.15) is 15.0 Å². The summed E-state index contributed by atoms with van der Waals surface area (Å²) in [6.07, 6.45) is 1.87. The van der Waals surface area contributed by atoms with Crippen LogP contribution in [0.2, 0.25) is 0 Å². The normalized spacial score (nSPS) is 11.2. The maximum absolute atomic E-state index is 11.4. The van der Waals surface area contributed by atoms with Crippen LogP contribution in [0.5, 0.6) is 5.75 Å². The van der Waals surface area contributed by atoms with Gasteiger partial charge in [0.2, 0.25) is 17.8 Å². The molecule has 0 bridgehead atoms. The summed E-state index contributed by atoms with van der Waals surface area (Å²) in [5.41, 5.74) is 11.1.